The molecule has 1 aromatic heterocycles. The molecule has 2 N–H and O–H groups in total. The second kappa shape index (κ2) is 9.02. The maximum absolute atomic E-state index is 11.7. The van der Waals surface area contributed by atoms with E-state index in [-0.39, 0.29) is 23.3 Å². The Morgan fingerprint density at radius 2 is 1.71 bits per heavy atom. The first-order chi connectivity index (χ1) is 15.1. The maximum Gasteiger partial charge on any atom is 0.239 e. The number of nitrogens with zero attached hydrogens (tertiary/aromatic N) is 1. The van der Waals surface area contributed by atoms with Crippen LogP contribution in [-0.2, 0) is 4.79 Å². The van der Waals surface area contributed by atoms with Crippen molar-refractivity contribution in [1.82, 2.24) is 4.98 Å². The van der Waals surface area contributed by atoms with Crippen molar-refractivity contribution in [3.63, 3.8) is 0 Å². The molecular weight excluding hydrogens is 414 g/mol. The van der Waals surface area contributed by atoms with Crippen LogP contribution in [0.2, 0.25) is 0 Å². The number of aromatic nitrogens is 1. The number of anilines is 1. The molecule has 31 heavy (non-hydrogen) atoms. The lowest BCUT2D eigenvalue weighted by molar-refractivity contribution is -0.481. The minimum atomic E-state index is -0.441. The molecule has 0 spiro atoms. The van der Waals surface area contributed by atoms with Crippen LogP contribution in [0.1, 0.15) is 17.0 Å². The fourth-order valence-electron chi connectivity index (χ4n) is 3.88. The van der Waals surface area contributed by atoms with Crippen LogP contribution < -0.4 is 5.32 Å². The first-order valence-corrected chi connectivity index (χ1v) is 10.3. The van der Waals surface area contributed by atoms with Crippen molar-refractivity contribution in [2.75, 3.05) is 17.7 Å². The van der Waals surface area contributed by atoms with Crippen molar-refractivity contribution in [3.05, 3.63) is 100 Å². The average molecular weight is 434 g/mol. The fourth-order valence-corrected chi connectivity index (χ4v) is 3.95. The number of halogens is 1. The summed E-state index contributed by atoms with van der Waals surface area (Å²) in [5.41, 5.74) is 4.88. The Balaban J connectivity index is 1.94. The molecule has 6 nitrogen and oxygen atoms in total. The predicted octanol–water partition coefficient (Wildman–Crippen LogP) is 5.42. The van der Waals surface area contributed by atoms with Gasteiger partial charge in [-0.05, 0) is 28.8 Å². The molecule has 0 aliphatic carbocycles. The Morgan fingerprint density at radius 3 is 2.35 bits per heavy atom. The number of nitrogens with one attached hydrogen (secondary N) is 2. The summed E-state index contributed by atoms with van der Waals surface area (Å²) >= 11 is 5.60. The molecule has 4 rings (SSSR count). The Morgan fingerprint density at radius 1 is 1.03 bits per heavy atom. The number of alkyl halides is 1. The van der Waals surface area contributed by atoms with Crippen LogP contribution in [0, 0.1) is 10.1 Å². The van der Waals surface area contributed by atoms with Gasteiger partial charge in [-0.2, -0.15) is 0 Å². The number of hydrogen-bond acceptors (Lipinski definition) is 3. The molecule has 1 unspecified atom stereocenters. The van der Waals surface area contributed by atoms with E-state index in [2.05, 4.69) is 10.3 Å². The lowest BCUT2D eigenvalue weighted by atomic mass is 9.87. The van der Waals surface area contributed by atoms with E-state index in [1.165, 1.54) is 0 Å². The second-order valence-electron chi connectivity index (χ2n) is 7.20. The number of nitro groups is 1. The summed E-state index contributed by atoms with van der Waals surface area (Å²) < 4.78 is 0. The highest BCUT2D eigenvalue weighted by Gasteiger charge is 2.27. The Bertz CT molecular complexity index is 1220. The molecule has 0 aliphatic heterocycles. The molecule has 7 heteroatoms. The molecule has 1 heterocycles. The van der Waals surface area contributed by atoms with E-state index in [4.69, 9.17) is 11.6 Å². The normalized spacial score (nSPS) is 11.9. The summed E-state index contributed by atoms with van der Waals surface area (Å²) in [6, 6.07) is 24.7. The van der Waals surface area contributed by atoms with Gasteiger partial charge in [0, 0.05) is 21.5 Å². The third-order valence-corrected chi connectivity index (χ3v) is 5.43. The van der Waals surface area contributed by atoms with Crippen molar-refractivity contribution in [2.24, 2.45) is 0 Å². The molecule has 1 atom stereocenters. The number of rotatable bonds is 7. The molecule has 0 aliphatic rings. The number of amides is 1. The first-order valence-electron chi connectivity index (χ1n) is 9.80. The number of aromatic amines is 1. The van der Waals surface area contributed by atoms with Crippen LogP contribution in [0.3, 0.4) is 0 Å². The molecule has 3 aromatic carbocycles. The highest BCUT2D eigenvalue weighted by molar-refractivity contribution is 6.29. The molecule has 0 fully saturated rings. The Kier molecular flexibility index (Phi) is 6.00. The topological polar surface area (TPSA) is 88.0 Å². The number of fused-ring (bicyclic) bond motifs is 1. The summed E-state index contributed by atoms with van der Waals surface area (Å²) in [6.07, 6.45) is 0. The SMILES string of the molecule is O=C(CCl)Nc1ccc2c(C(C[N+](=O)[O-])c3ccccc3)c(-c3ccccc3)[nH]c2c1. The monoisotopic (exact) mass is 433 g/mol. The van der Waals surface area contributed by atoms with Crippen LogP contribution >= 0.6 is 11.6 Å². The minimum absolute atomic E-state index is 0.137. The van der Waals surface area contributed by atoms with Crippen LogP contribution in [-0.4, -0.2) is 28.2 Å². The molecule has 0 radical (unpaired) electrons. The molecule has 1 amide bonds. The lowest BCUT2D eigenvalue weighted by Gasteiger charge is -2.16. The highest BCUT2D eigenvalue weighted by atomic mass is 35.5. The summed E-state index contributed by atoms with van der Waals surface area (Å²) in [5, 5.41) is 15.2. The number of hydrogen-bond donors (Lipinski definition) is 2. The summed E-state index contributed by atoms with van der Waals surface area (Å²) in [7, 11) is 0. The quantitative estimate of drug-likeness (QED) is 0.231. The highest BCUT2D eigenvalue weighted by Crippen LogP contribution is 2.39. The smallest absolute Gasteiger partial charge is 0.239 e. The van der Waals surface area contributed by atoms with Gasteiger partial charge in [0.1, 0.15) is 5.88 Å². The van der Waals surface area contributed by atoms with Gasteiger partial charge in [0.25, 0.3) is 0 Å². The largest absolute Gasteiger partial charge is 0.354 e. The van der Waals surface area contributed by atoms with Gasteiger partial charge >= 0.3 is 0 Å². The number of carbonyl (C=O) groups excluding carboxylic acids is 1. The zero-order valence-electron chi connectivity index (χ0n) is 16.5. The van der Waals surface area contributed by atoms with E-state index in [0.29, 0.717) is 5.69 Å². The molecule has 4 aromatic rings. The van der Waals surface area contributed by atoms with Crippen molar-refractivity contribution in [3.8, 4) is 11.3 Å². The first kappa shape index (κ1) is 20.6. The Hall–Kier alpha value is -3.64. The predicted molar refractivity (Wildman–Crippen MR) is 123 cm³/mol. The van der Waals surface area contributed by atoms with Crippen molar-refractivity contribution in [1.29, 1.82) is 0 Å². The second-order valence-corrected chi connectivity index (χ2v) is 7.47. The number of H-pyrrole nitrogens is 1. The third kappa shape index (κ3) is 4.44. The molecule has 0 saturated carbocycles. The standard InChI is InChI=1S/C24H20ClN3O3/c25-14-22(29)26-18-11-12-19-21(13-18)27-24(17-9-5-2-6-10-17)23(19)20(15-28(30)31)16-7-3-1-4-8-16/h1-13,20,27H,14-15H2,(H,26,29). The summed E-state index contributed by atoms with van der Waals surface area (Å²) in [4.78, 5) is 26.5. The van der Waals surface area contributed by atoms with Crippen LogP contribution in [0.5, 0.6) is 0 Å². The van der Waals surface area contributed by atoms with Crippen LogP contribution in [0.4, 0.5) is 5.69 Å². The van der Waals surface area contributed by atoms with E-state index >= 15 is 0 Å². The lowest BCUT2D eigenvalue weighted by Crippen LogP contribution is -2.14. The van der Waals surface area contributed by atoms with Crippen LogP contribution in [0.15, 0.2) is 78.9 Å². The van der Waals surface area contributed by atoms with Crippen molar-refractivity contribution < 1.29 is 9.72 Å². The van der Waals surface area contributed by atoms with E-state index in [1.807, 2.05) is 72.8 Å². The van der Waals surface area contributed by atoms with Gasteiger partial charge < -0.3 is 10.3 Å². The molecule has 156 valence electrons. The Labute approximate surface area is 184 Å². The van der Waals surface area contributed by atoms with Gasteiger partial charge in [0.05, 0.1) is 11.6 Å². The fraction of sp³-hybridized carbons (Fsp3) is 0.125. The van der Waals surface area contributed by atoms with Crippen molar-refractivity contribution in [2.45, 2.75) is 5.92 Å². The summed E-state index contributed by atoms with van der Waals surface area (Å²) in [6.45, 7) is -0.235. The van der Waals surface area contributed by atoms with E-state index in [1.54, 1.807) is 6.07 Å². The zero-order chi connectivity index (χ0) is 21.8. The summed E-state index contributed by atoms with van der Waals surface area (Å²) in [5.74, 6) is -0.877. The van der Waals surface area contributed by atoms with Crippen molar-refractivity contribution >= 4 is 34.1 Å². The van der Waals surface area contributed by atoms with Gasteiger partial charge in [0.2, 0.25) is 12.5 Å². The van der Waals surface area contributed by atoms with Gasteiger partial charge in [0.15, 0.2) is 0 Å². The number of benzene rings is 3. The zero-order valence-corrected chi connectivity index (χ0v) is 17.3. The minimum Gasteiger partial charge on any atom is -0.354 e. The van der Waals surface area contributed by atoms with Gasteiger partial charge in [-0.25, -0.2) is 0 Å². The molecule has 0 bridgehead atoms. The molecule has 0 saturated heterocycles. The van der Waals surface area contributed by atoms with Gasteiger partial charge in [-0.15, -0.1) is 11.6 Å². The van der Waals surface area contributed by atoms with E-state index in [9.17, 15) is 14.9 Å². The van der Waals surface area contributed by atoms with Gasteiger partial charge in [-0.3, -0.25) is 14.9 Å². The third-order valence-electron chi connectivity index (χ3n) is 5.19. The van der Waals surface area contributed by atoms with E-state index < -0.39 is 5.92 Å². The maximum atomic E-state index is 11.7. The van der Waals surface area contributed by atoms with Crippen LogP contribution in [0.25, 0.3) is 22.2 Å². The van der Waals surface area contributed by atoms with Gasteiger partial charge in [-0.1, -0.05) is 66.7 Å². The number of carbonyl (C=O) groups is 1. The average Bonchev–Trinajstić information content (AvgIpc) is 3.17. The molecular formula is C24H20ClN3O3. The van der Waals surface area contributed by atoms with E-state index in [0.717, 1.165) is 33.3 Å².